The number of benzene rings is 1. The van der Waals surface area contributed by atoms with Crippen molar-refractivity contribution < 1.29 is 9.53 Å². The molecule has 1 rings (SSSR count). The number of likely N-dealkylation sites (N-methyl/N-ethyl adjacent to an activating group) is 1. The van der Waals surface area contributed by atoms with Crippen molar-refractivity contribution in [3.63, 3.8) is 0 Å². The van der Waals surface area contributed by atoms with E-state index in [-0.39, 0.29) is 5.91 Å². The molecule has 0 heterocycles. The lowest BCUT2D eigenvalue weighted by Gasteiger charge is -2.27. The fraction of sp³-hybridized carbons (Fsp3) is 0.588. The highest BCUT2D eigenvalue weighted by atomic mass is 35.5. The first-order valence-electron chi connectivity index (χ1n) is 7.33. The highest BCUT2D eigenvalue weighted by molar-refractivity contribution is 6.19. The Morgan fingerprint density at radius 2 is 1.95 bits per heavy atom. The maximum absolute atomic E-state index is 12.2. The number of para-hydroxylation sites is 1. The van der Waals surface area contributed by atoms with Gasteiger partial charge in [-0.2, -0.15) is 0 Å². The molecule has 0 aliphatic carbocycles. The van der Waals surface area contributed by atoms with Crippen molar-refractivity contribution in [1.29, 1.82) is 0 Å². The van der Waals surface area contributed by atoms with Gasteiger partial charge in [0.25, 0.3) is 0 Å². The molecule has 1 amide bonds. The van der Waals surface area contributed by atoms with Crippen LogP contribution < -0.4 is 4.74 Å². The van der Waals surface area contributed by atoms with Crippen LogP contribution >= 0.6 is 11.6 Å². The zero-order valence-electron chi connectivity index (χ0n) is 13.6. The number of carbonyl (C=O) groups excluding carboxylic acids is 1. The monoisotopic (exact) mass is 311 g/mol. The number of carbonyl (C=O) groups is 1. The van der Waals surface area contributed by atoms with Crippen LogP contribution in [0.1, 0.15) is 39.2 Å². The average Bonchev–Trinajstić information content (AvgIpc) is 2.46. The summed E-state index contributed by atoms with van der Waals surface area (Å²) in [6, 6.07) is 8.03. The van der Waals surface area contributed by atoms with E-state index in [1.807, 2.05) is 32.0 Å². The second kappa shape index (κ2) is 7.69. The van der Waals surface area contributed by atoms with Crippen molar-refractivity contribution in [1.82, 2.24) is 4.90 Å². The molecule has 118 valence electrons. The number of ether oxygens (including phenoxy) is 1. The zero-order chi connectivity index (χ0) is 16.0. The van der Waals surface area contributed by atoms with Gasteiger partial charge >= 0.3 is 0 Å². The van der Waals surface area contributed by atoms with E-state index >= 15 is 0 Å². The molecule has 3 nitrogen and oxygen atoms in total. The van der Waals surface area contributed by atoms with Crippen LogP contribution in [-0.2, 0) is 4.79 Å². The summed E-state index contributed by atoms with van der Waals surface area (Å²) >= 11 is 5.84. The molecule has 0 fully saturated rings. The van der Waals surface area contributed by atoms with Crippen molar-refractivity contribution in [2.24, 2.45) is 5.41 Å². The van der Waals surface area contributed by atoms with E-state index in [4.69, 9.17) is 16.3 Å². The molecule has 0 bridgehead atoms. The van der Waals surface area contributed by atoms with Crippen molar-refractivity contribution in [3.05, 3.63) is 29.8 Å². The Balaban J connectivity index is 2.56. The number of halogens is 1. The molecular formula is C17H26ClNO2. The molecule has 0 atom stereocenters. The summed E-state index contributed by atoms with van der Waals surface area (Å²) in [6.45, 7) is 9.01. The summed E-state index contributed by atoms with van der Waals surface area (Å²) < 4.78 is 5.84. The van der Waals surface area contributed by atoms with Crippen LogP contribution in [0, 0.1) is 5.41 Å². The number of nitrogens with zero attached hydrogens (tertiary/aromatic N) is 1. The Morgan fingerprint density at radius 3 is 2.52 bits per heavy atom. The van der Waals surface area contributed by atoms with Gasteiger partial charge in [-0.1, -0.05) is 32.0 Å². The minimum Gasteiger partial charge on any atom is -0.491 e. The number of hydrogen-bond acceptors (Lipinski definition) is 2. The minimum atomic E-state index is -0.536. The van der Waals surface area contributed by atoms with Gasteiger partial charge in [0.1, 0.15) is 12.4 Å². The standard InChI is InChI=1S/C17H26ClNO2/c1-13(2)14-8-6-7-9-15(14)21-11-10-19(5)16(20)17(3,4)12-18/h6-9,13H,10-12H2,1-5H3. The predicted octanol–water partition coefficient (Wildman–Crippen LogP) is 3.91. The first-order valence-corrected chi connectivity index (χ1v) is 7.86. The van der Waals surface area contributed by atoms with E-state index in [1.54, 1.807) is 11.9 Å². The third-order valence-electron chi connectivity index (χ3n) is 3.49. The second-order valence-electron chi connectivity index (χ2n) is 6.29. The SMILES string of the molecule is CC(C)c1ccccc1OCCN(C)C(=O)C(C)(C)CCl. The molecule has 1 aromatic carbocycles. The molecule has 0 spiro atoms. The molecule has 1 aromatic rings. The van der Waals surface area contributed by atoms with Gasteiger partial charge in [-0.3, -0.25) is 4.79 Å². The highest BCUT2D eigenvalue weighted by Gasteiger charge is 2.29. The molecule has 21 heavy (non-hydrogen) atoms. The molecule has 0 N–H and O–H groups in total. The molecule has 0 aromatic heterocycles. The van der Waals surface area contributed by atoms with Crippen molar-refractivity contribution in [2.75, 3.05) is 26.1 Å². The summed E-state index contributed by atoms with van der Waals surface area (Å²) in [5, 5.41) is 0. The first-order chi connectivity index (χ1) is 9.79. The second-order valence-corrected chi connectivity index (χ2v) is 6.55. The van der Waals surface area contributed by atoms with Crippen LogP contribution in [-0.4, -0.2) is 36.9 Å². The summed E-state index contributed by atoms with van der Waals surface area (Å²) in [6.07, 6.45) is 0. The van der Waals surface area contributed by atoms with Crippen LogP contribution in [0.25, 0.3) is 0 Å². The van der Waals surface area contributed by atoms with Crippen LogP contribution in [0.2, 0.25) is 0 Å². The molecule has 0 aliphatic heterocycles. The van der Waals surface area contributed by atoms with Gasteiger partial charge in [0.2, 0.25) is 5.91 Å². The molecule has 0 radical (unpaired) electrons. The first kappa shape index (κ1) is 17.8. The Morgan fingerprint density at radius 1 is 1.33 bits per heavy atom. The summed E-state index contributed by atoms with van der Waals surface area (Å²) in [4.78, 5) is 13.9. The molecule has 4 heteroatoms. The largest absolute Gasteiger partial charge is 0.491 e. The van der Waals surface area contributed by atoms with E-state index in [0.29, 0.717) is 24.9 Å². The fourth-order valence-electron chi connectivity index (χ4n) is 2.06. The lowest BCUT2D eigenvalue weighted by molar-refractivity contribution is -0.138. The summed E-state index contributed by atoms with van der Waals surface area (Å²) in [5.41, 5.74) is 0.652. The van der Waals surface area contributed by atoms with Crippen LogP contribution in [0.5, 0.6) is 5.75 Å². The summed E-state index contributed by atoms with van der Waals surface area (Å²) in [7, 11) is 1.79. The summed E-state index contributed by atoms with van der Waals surface area (Å²) in [5.74, 6) is 1.66. The normalized spacial score (nSPS) is 11.6. The lowest BCUT2D eigenvalue weighted by Crippen LogP contribution is -2.41. The van der Waals surface area contributed by atoms with E-state index in [2.05, 4.69) is 19.9 Å². The number of alkyl halides is 1. The van der Waals surface area contributed by atoms with E-state index in [9.17, 15) is 4.79 Å². The molecular weight excluding hydrogens is 286 g/mol. The maximum atomic E-state index is 12.2. The van der Waals surface area contributed by atoms with Gasteiger partial charge in [0.15, 0.2) is 0 Å². The Bertz CT molecular complexity index is 472. The van der Waals surface area contributed by atoms with Gasteiger partial charge < -0.3 is 9.64 Å². The van der Waals surface area contributed by atoms with E-state index in [1.165, 1.54) is 5.56 Å². The van der Waals surface area contributed by atoms with Gasteiger partial charge in [-0.15, -0.1) is 11.6 Å². The van der Waals surface area contributed by atoms with E-state index in [0.717, 1.165) is 5.75 Å². The Labute approximate surface area is 133 Å². The van der Waals surface area contributed by atoms with Crippen molar-refractivity contribution in [2.45, 2.75) is 33.6 Å². The van der Waals surface area contributed by atoms with Gasteiger partial charge in [-0.25, -0.2) is 0 Å². The number of hydrogen-bond donors (Lipinski definition) is 0. The predicted molar refractivity (Wildman–Crippen MR) is 88.2 cm³/mol. The topological polar surface area (TPSA) is 29.5 Å². The quantitative estimate of drug-likeness (QED) is 0.714. The molecule has 0 unspecified atom stereocenters. The van der Waals surface area contributed by atoms with E-state index < -0.39 is 5.41 Å². The minimum absolute atomic E-state index is 0.0400. The fourth-order valence-corrected chi connectivity index (χ4v) is 2.17. The zero-order valence-corrected chi connectivity index (χ0v) is 14.4. The Hall–Kier alpha value is -1.22. The maximum Gasteiger partial charge on any atom is 0.229 e. The van der Waals surface area contributed by atoms with Crippen molar-refractivity contribution >= 4 is 17.5 Å². The highest BCUT2D eigenvalue weighted by Crippen LogP contribution is 2.26. The average molecular weight is 312 g/mol. The van der Waals surface area contributed by atoms with Crippen LogP contribution in [0.15, 0.2) is 24.3 Å². The van der Waals surface area contributed by atoms with Crippen LogP contribution in [0.4, 0.5) is 0 Å². The molecule has 0 aliphatic rings. The smallest absolute Gasteiger partial charge is 0.229 e. The molecule has 0 saturated heterocycles. The number of amides is 1. The lowest BCUT2D eigenvalue weighted by atomic mass is 9.94. The third-order valence-corrected chi connectivity index (χ3v) is 4.15. The van der Waals surface area contributed by atoms with Gasteiger partial charge in [-0.05, 0) is 31.4 Å². The van der Waals surface area contributed by atoms with Crippen molar-refractivity contribution in [3.8, 4) is 5.75 Å². The third kappa shape index (κ3) is 4.92. The number of rotatable bonds is 7. The van der Waals surface area contributed by atoms with Crippen LogP contribution in [0.3, 0.4) is 0 Å². The Kier molecular flexibility index (Phi) is 6.53. The molecule has 0 saturated carbocycles. The van der Waals surface area contributed by atoms with Gasteiger partial charge in [0, 0.05) is 12.9 Å². The van der Waals surface area contributed by atoms with Gasteiger partial charge in [0.05, 0.1) is 12.0 Å².